The van der Waals surface area contributed by atoms with E-state index >= 15 is 0 Å². The van der Waals surface area contributed by atoms with E-state index in [1.54, 1.807) is 0 Å². The SMILES string of the molecule is CCCCC1=Cc2c(-c3ccc(CCC)cc3)cccc2[CH]1[Zr]([Cl])([Cl])([CH]1C(CCCC)=Cc2c(-c3ccc(CCC)cc3)cccc21)[SiH](C)C. The van der Waals surface area contributed by atoms with E-state index < -0.39 is 21.5 Å². The zero-order valence-corrected chi connectivity index (χ0v) is 36.4. The van der Waals surface area contributed by atoms with Gasteiger partial charge in [-0.1, -0.05) is 0 Å². The van der Waals surface area contributed by atoms with Crippen molar-refractivity contribution in [3.63, 3.8) is 0 Å². The van der Waals surface area contributed by atoms with Crippen LogP contribution in [-0.2, 0) is 28.4 Å². The summed E-state index contributed by atoms with van der Waals surface area (Å²) in [7, 11) is 17.6. The third-order valence-electron chi connectivity index (χ3n) is 11.8. The Morgan fingerprint density at radius 2 is 0.920 bits per heavy atom. The molecule has 2 aliphatic carbocycles. The van der Waals surface area contributed by atoms with Crippen molar-refractivity contribution in [3.05, 3.63) is 129 Å². The Hall–Kier alpha value is -1.96. The predicted octanol–water partition coefficient (Wildman–Crippen LogP) is 14.9. The van der Waals surface area contributed by atoms with Crippen LogP contribution >= 0.6 is 17.0 Å². The van der Waals surface area contributed by atoms with E-state index in [0.717, 1.165) is 64.2 Å². The number of unbranched alkanes of at least 4 members (excludes halogenated alkanes) is 2. The molecule has 263 valence electrons. The minimum absolute atomic E-state index is 0.130. The molecule has 0 fully saturated rings. The molecule has 2 aliphatic rings. The number of rotatable bonds is 15. The molecule has 0 radical (unpaired) electrons. The number of benzene rings is 4. The van der Waals surface area contributed by atoms with Crippen LogP contribution in [0.25, 0.3) is 34.4 Å². The molecule has 0 bridgehead atoms. The number of allylic oxidation sites excluding steroid dienone is 2. The van der Waals surface area contributed by atoms with E-state index in [2.05, 4.69) is 138 Å². The summed E-state index contributed by atoms with van der Waals surface area (Å²) in [6.07, 6.45) is 16.4. The molecular weight excluding hydrogens is 743 g/mol. The number of hydrogen-bond acceptors (Lipinski definition) is 0. The number of halogens is 2. The molecule has 4 aromatic rings. The molecule has 2 atom stereocenters. The van der Waals surface area contributed by atoms with Crippen LogP contribution in [0.3, 0.4) is 0 Å². The molecule has 0 nitrogen and oxygen atoms in total. The molecule has 2 unspecified atom stereocenters. The van der Waals surface area contributed by atoms with Crippen LogP contribution in [-0.4, -0.2) is 5.92 Å². The molecule has 6 rings (SSSR count). The molecule has 0 heterocycles. The summed E-state index contributed by atoms with van der Waals surface area (Å²) in [6.45, 7) is 14.1. The van der Waals surface area contributed by atoms with E-state index in [1.165, 1.54) is 66.8 Å². The third kappa shape index (κ3) is 6.94. The van der Waals surface area contributed by atoms with E-state index in [-0.39, 0.29) is 7.25 Å². The van der Waals surface area contributed by atoms with Crippen LogP contribution in [0.5, 0.6) is 0 Å². The first-order valence-electron chi connectivity index (χ1n) is 19.6. The fourth-order valence-electron chi connectivity index (χ4n) is 9.04. The van der Waals surface area contributed by atoms with Crippen molar-refractivity contribution < 1.29 is 15.6 Å². The molecule has 50 heavy (non-hydrogen) atoms. The first-order chi connectivity index (χ1) is 24.2. The van der Waals surface area contributed by atoms with Gasteiger partial charge in [-0.05, 0) is 0 Å². The predicted molar refractivity (Wildman–Crippen MR) is 223 cm³/mol. The summed E-state index contributed by atoms with van der Waals surface area (Å²) >= 11 is -4.85. The van der Waals surface area contributed by atoms with Gasteiger partial charge in [0.15, 0.2) is 0 Å². The normalized spacial score (nSPS) is 17.7. The Kier molecular flexibility index (Phi) is 12.1. The Labute approximate surface area is 312 Å². The first kappa shape index (κ1) is 37.8. The average Bonchev–Trinajstić information content (AvgIpc) is 3.70. The van der Waals surface area contributed by atoms with Gasteiger partial charge in [0, 0.05) is 0 Å². The molecule has 4 aromatic carbocycles. The van der Waals surface area contributed by atoms with Gasteiger partial charge in [0.1, 0.15) is 0 Å². The van der Waals surface area contributed by atoms with Crippen molar-refractivity contribution in [2.75, 3.05) is 0 Å². The quantitative estimate of drug-likeness (QED) is 0.105. The van der Waals surface area contributed by atoms with Gasteiger partial charge in [0.05, 0.1) is 0 Å². The number of aryl methyl sites for hydroxylation is 2. The second-order valence-corrected chi connectivity index (χ2v) is 57.9. The van der Waals surface area contributed by atoms with Gasteiger partial charge in [-0.2, -0.15) is 0 Å². The average molecular weight is 800 g/mol. The van der Waals surface area contributed by atoms with Crippen molar-refractivity contribution in [3.8, 4) is 22.3 Å². The van der Waals surface area contributed by atoms with Crippen LogP contribution in [0, 0.1) is 0 Å². The summed E-state index contributed by atoms with van der Waals surface area (Å²) in [4.78, 5) is 0. The van der Waals surface area contributed by atoms with Crippen molar-refractivity contribution in [1.29, 1.82) is 0 Å². The van der Waals surface area contributed by atoms with E-state index in [1.807, 2.05) is 0 Å². The maximum absolute atomic E-state index is 8.81. The van der Waals surface area contributed by atoms with Crippen molar-refractivity contribution in [1.82, 2.24) is 0 Å². The Bertz CT molecular complexity index is 1730. The minimum atomic E-state index is -4.85. The molecule has 0 N–H and O–H groups in total. The Balaban J connectivity index is 1.54. The number of hydrogen-bond donors (Lipinski definition) is 0. The van der Waals surface area contributed by atoms with Gasteiger partial charge in [0.25, 0.3) is 0 Å². The fraction of sp³-hybridized carbons (Fsp3) is 0.391. The summed E-state index contributed by atoms with van der Waals surface area (Å²) < 4.78 is 0.260. The van der Waals surface area contributed by atoms with Crippen LogP contribution < -0.4 is 0 Å². The molecule has 0 aromatic heterocycles. The summed E-state index contributed by atoms with van der Waals surface area (Å²) in [6, 6.07) is 32.5. The molecule has 0 saturated heterocycles. The van der Waals surface area contributed by atoms with E-state index in [0.29, 0.717) is 0 Å². The zero-order valence-electron chi connectivity index (χ0n) is 31.3. The van der Waals surface area contributed by atoms with E-state index in [4.69, 9.17) is 17.0 Å². The van der Waals surface area contributed by atoms with Crippen LogP contribution in [0.1, 0.15) is 120 Å². The van der Waals surface area contributed by atoms with Crippen LogP contribution in [0.15, 0.2) is 96.1 Å². The summed E-state index contributed by atoms with van der Waals surface area (Å²) in [5, 5.41) is 0. The van der Waals surface area contributed by atoms with Crippen LogP contribution in [0.2, 0.25) is 13.1 Å². The topological polar surface area (TPSA) is 0 Å². The van der Waals surface area contributed by atoms with Gasteiger partial charge in [-0.15, -0.1) is 0 Å². The van der Waals surface area contributed by atoms with Crippen molar-refractivity contribution in [2.24, 2.45) is 0 Å². The molecular formula is C46H57Cl2SiZr. The fourth-order valence-corrected chi connectivity index (χ4v) is 40.5. The molecule has 0 spiro atoms. The van der Waals surface area contributed by atoms with Gasteiger partial charge < -0.3 is 0 Å². The maximum atomic E-state index is 8.81. The summed E-state index contributed by atoms with van der Waals surface area (Å²) in [5.41, 5.74) is 16.6. The third-order valence-corrected chi connectivity index (χ3v) is 63.6. The monoisotopic (exact) mass is 797 g/mol. The second-order valence-electron chi connectivity index (χ2n) is 15.4. The van der Waals surface area contributed by atoms with Crippen LogP contribution in [0.4, 0.5) is 0 Å². The second kappa shape index (κ2) is 16.0. The van der Waals surface area contributed by atoms with Gasteiger partial charge in [-0.3, -0.25) is 0 Å². The van der Waals surface area contributed by atoms with Gasteiger partial charge in [-0.25, -0.2) is 0 Å². The molecule has 4 heteroatoms. The first-order valence-corrected chi connectivity index (χ1v) is 35.9. The zero-order chi connectivity index (χ0) is 35.5. The van der Waals surface area contributed by atoms with Crippen molar-refractivity contribution >= 4 is 35.1 Å². The Morgan fingerprint density at radius 1 is 0.520 bits per heavy atom. The van der Waals surface area contributed by atoms with E-state index in [9.17, 15) is 0 Å². The molecule has 0 aliphatic heterocycles. The van der Waals surface area contributed by atoms with Crippen molar-refractivity contribution in [2.45, 2.75) is 112 Å². The summed E-state index contributed by atoms with van der Waals surface area (Å²) in [5.74, 6) is -1.63. The number of fused-ring (bicyclic) bond motifs is 2. The molecule has 0 amide bonds. The Morgan fingerprint density at radius 3 is 1.26 bits per heavy atom. The van der Waals surface area contributed by atoms with Gasteiger partial charge in [0.2, 0.25) is 0 Å². The molecule has 0 saturated carbocycles. The standard InChI is InChI=1S/2C22H25.C2H7Si.2ClH.Zr/c2*1-3-5-8-18-15-20-9-6-10-21(22(20)16-18)19-13-11-17(7-4-2)12-14-19;1-3-2;;;/h2*6,9-16H,3-5,7-8H2,1-2H3;3H,1-2H3;2*1H;/q;;;;;+2/p-2. The van der Waals surface area contributed by atoms with Gasteiger partial charge >= 0.3 is 315 Å².